The van der Waals surface area contributed by atoms with E-state index in [1.165, 1.54) is 6.07 Å². The number of carbonyl (C=O) groups is 2. The number of rotatable bonds is 4. The van der Waals surface area contributed by atoms with Gasteiger partial charge in [-0.1, -0.05) is 30.3 Å². The van der Waals surface area contributed by atoms with Gasteiger partial charge in [-0.3, -0.25) is 9.59 Å². The Kier molecular flexibility index (Phi) is 4.71. The van der Waals surface area contributed by atoms with Gasteiger partial charge in [0.05, 0.1) is 5.56 Å². The largest absolute Gasteiger partial charge is 0.507 e. The summed E-state index contributed by atoms with van der Waals surface area (Å²) in [7, 11) is 0. The number of nitrogens with two attached hydrogens (primary N) is 1. The highest BCUT2D eigenvalue weighted by molar-refractivity contribution is 6.12. The molecule has 5 heteroatoms. The molecule has 0 saturated carbocycles. The van der Waals surface area contributed by atoms with E-state index in [9.17, 15) is 14.7 Å². The predicted octanol–water partition coefficient (Wildman–Crippen LogP) is 4.61. The second kappa shape index (κ2) is 7.48. The molecular weight excluding hydrogens is 364 g/mol. The highest BCUT2D eigenvalue weighted by atomic mass is 16.3. The molecule has 0 aliphatic heterocycles. The van der Waals surface area contributed by atoms with Crippen molar-refractivity contribution in [3.05, 3.63) is 102 Å². The lowest BCUT2D eigenvalue weighted by Crippen LogP contribution is -2.12. The third-order valence-corrected chi connectivity index (χ3v) is 4.67. The van der Waals surface area contributed by atoms with Crippen LogP contribution in [0.15, 0.2) is 84.9 Å². The van der Waals surface area contributed by atoms with Crippen LogP contribution in [0.4, 0.5) is 11.4 Å². The fourth-order valence-electron chi connectivity index (χ4n) is 3.13. The topological polar surface area (TPSA) is 92.4 Å². The van der Waals surface area contributed by atoms with E-state index in [0.29, 0.717) is 27.9 Å². The van der Waals surface area contributed by atoms with Crippen LogP contribution in [0, 0.1) is 0 Å². The van der Waals surface area contributed by atoms with Crippen LogP contribution < -0.4 is 11.1 Å². The van der Waals surface area contributed by atoms with Gasteiger partial charge in [-0.25, -0.2) is 0 Å². The molecule has 0 atom stereocenters. The second-order valence-electron chi connectivity index (χ2n) is 6.70. The van der Waals surface area contributed by atoms with Crippen LogP contribution in [0.2, 0.25) is 0 Å². The lowest BCUT2D eigenvalue weighted by molar-refractivity contribution is 0.102. The number of aromatic hydroxyl groups is 1. The lowest BCUT2D eigenvalue weighted by Gasteiger charge is -2.10. The molecule has 0 unspecified atom stereocenters. The Bertz CT molecular complexity index is 1220. The zero-order chi connectivity index (χ0) is 20.4. The number of amides is 1. The number of para-hydroxylation sites is 1. The van der Waals surface area contributed by atoms with Crippen molar-refractivity contribution in [2.45, 2.75) is 0 Å². The third kappa shape index (κ3) is 3.80. The number of hydrogen-bond donors (Lipinski definition) is 3. The molecule has 0 bridgehead atoms. The van der Waals surface area contributed by atoms with Crippen LogP contribution in [0.5, 0.6) is 5.75 Å². The fraction of sp³-hybridized carbons (Fsp3) is 0. The summed E-state index contributed by atoms with van der Waals surface area (Å²) in [4.78, 5) is 25.4. The van der Waals surface area contributed by atoms with Crippen LogP contribution in [0.25, 0.3) is 10.8 Å². The zero-order valence-electron chi connectivity index (χ0n) is 15.4. The summed E-state index contributed by atoms with van der Waals surface area (Å²) in [6.07, 6.45) is 0. The van der Waals surface area contributed by atoms with E-state index in [1.807, 2.05) is 18.2 Å². The smallest absolute Gasteiger partial charge is 0.259 e. The van der Waals surface area contributed by atoms with Gasteiger partial charge in [0, 0.05) is 22.5 Å². The van der Waals surface area contributed by atoms with E-state index in [0.717, 1.165) is 5.39 Å². The molecule has 0 saturated heterocycles. The Hall–Kier alpha value is -4.12. The molecule has 4 rings (SSSR count). The van der Waals surface area contributed by atoms with Gasteiger partial charge >= 0.3 is 0 Å². The first-order valence-electron chi connectivity index (χ1n) is 9.05. The number of fused-ring (bicyclic) bond motifs is 1. The molecule has 5 nitrogen and oxygen atoms in total. The molecule has 0 radical (unpaired) electrons. The van der Waals surface area contributed by atoms with E-state index in [2.05, 4.69) is 5.32 Å². The first-order valence-corrected chi connectivity index (χ1v) is 9.05. The molecule has 4 N–H and O–H groups in total. The molecule has 4 aromatic carbocycles. The Labute approximate surface area is 167 Å². The van der Waals surface area contributed by atoms with Crippen LogP contribution in [0.1, 0.15) is 26.3 Å². The van der Waals surface area contributed by atoms with Crippen molar-refractivity contribution < 1.29 is 14.7 Å². The molecule has 0 fully saturated rings. The van der Waals surface area contributed by atoms with Gasteiger partial charge in [-0.15, -0.1) is 0 Å². The minimum atomic E-state index is -0.425. The molecule has 0 aliphatic carbocycles. The number of nitrogen functional groups attached to an aromatic ring is 1. The van der Waals surface area contributed by atoms with Gasteiger partial charge < -0.3 is 16.2 Å². The lowest BCUT2D eigenvalue weighted by atomic mass is 9.98. The van der Waals surface area contributed by atoms with Crippen LogP contribution in [-0.2, 0) is 0 Å². The van der Waals surface area contributed by atoms with E-state index < -0.39 is 5.91 Å². The number of benzene rings is 4. The SMILES string of the molecule is Nc1ccc(C(=O)c2ccc3cc(O)c(C(=O)Nc4ccccc4)cc3c2)cc1. The van der Waals surface area contributed by atoms with Gasteiger partial charge in [0.2, 0.25) is 0 Å². The second-order valence-corrected chi connectivity index (χ2v) is 6.70. The van der Waals surface area contributed by atoms with E-state index in [1.54, 1.807) is 60.7 Å². The maximum absolute atomic E-state index is 12.8. The van der Waals surface area contributed by atoms with Gasteiger partial charge in [0.15, 0.2) is 5.78 Å². The third-order valence-electron chi connectivity index (χ3n) is 4.67. The molecule has 0 aliphatic rings. The number of anilines is 2. The molecule has 0 heterocycles. The fourth-order valence-corrected chi connectivity index (χ4v) is 3.13. The highest BCUT2D eigenvalue weighted by Crippen LogP contribution is 2.27. The Morgan fingerprint density at radius 3 is 2.17 bits per heavy atom. The number of hydrogen-bond acceptors (Lipinski definition) is 4. The minimum absolute atomic E-state index is 0.122. The molecule has 142 valence electrons. The standard InChI is InChI=1S/C24H18N2O3/c25-19-10-8-15(9-11-19)23(28)17-7-6-16-14-22(27)21(13-18(16)12-17)24(29)26-20-4-2-1-3-5-20/h1-14,27H,25H2,(H,26,29). The van der Waals surface area contributed by atoms with Gasteiger partial charge in [-0.05, 0) is 65.4 Å². The van der Waals surface area contributed by atoms with E-state index in [4.69, 9.17) is 5.73 Å². The number of carbonyl (C=O) groups excluding carboxylic acids is 2. The quantitative estimate of drug-likeness (QED) is 0.355. The predicted molar refractivity (Wildman–Crippen MR) is 114 cm³/mol. The summed E-state index contributed by atoms with van der Waals surface area (Å²) in [5, 5.41) is 14.5. The summed E-state index contributed by atoms with van der Waals surface area (Å²) in [5.74, 6) is -0.690. The van der Waals surface area contributed by atoms with Crippen molar-refractivity contribution in [2.75, 3.05) is 11.1 Å². The monoisotopic (exact) mass is 382 g/mol. The molecule has 0 aromatic heterocycles. The summed E-state index contributed by atoms with van der Waals surface area (Å²) < 4.78 is 0. The van der Waals surface area contributed by atoms with Crippen molar-refractivity contribution in [1.29, 1.82) is 0 Å². The maximum atomic E-state index is 12.8. The van der Waals surface area contributed by atoms with E-state index in [-0.39, 0.29) is 17.1 Å². The number of ketones is 1. The van der Waals surface area contributed by atoms with Crippen LogP contribution in [0.3, 0.4) is 0 Å². The van der Waals surface area contributed by atoms with Gasteiger partial charge in [-0.2, -0.15) is 0 Å². The molecule has 4 aromatic rings. The molecular formula is C24H18N2O3. The average molecular weight is 382 g/mol. The Morgan fingerprint density at radius 1 is 0.759 bits per heavy atom. The average Bonchev–Trinajstić information content (AvgIpc) is 2.73. The Balaban J connectivity index is 1.69. The van der Waals surface area contributed by atoms with Crippen molar-refractivity contribution in [2.24, 2.45) is 0 Å². The van der Waals surface area contributed by atoms with Crippen molar-refractivity contribution in [3.8, 4) is 5.75 Å². The summed E-state index contributed by atoms with van der Waals surface area (Å²) in [5.41, 5.74) is 8.05. The maximum Gasteiger partial charge on any atom is 0.259 e. The summed E-state index contributed by atoms with van der Waals surface area (Å²) >= 11 is 0. The van der Waals surface area contributed by atoms with Crippen LogP contribution >= 0.6 is 0 Å². The Morgan fingerprint density at radius 2 is 1.45 bits per heavy atom. The zero-order valence-corrected chi connectivity index (χ0v) is 15.4. The summed E-state index contributed by atoms with van der Waals surface area (Å²) in [6, 6.07) is 24.0. The van der Waals surface area contributed by atoms with Crippen LogP contribution in [-0.4, -0.2) is 16.8 Å². The molecule has 29 heavy (non-hydrogen) atoms. The van der Waals surface area contributed by atoms with E-state index >= 15 is 0 Å². The highest BCUT2D eigenvalue weighted by Gasteiger charge is 2.15. The minimum Gasteiger partial charge on any atom is -0.507 e. The van der Waals surface area contributed by atoms with Crippen molar-refractivity contribution >= 4 is 33.8 Å². The summed E-state index contributed by atoms with van der Waals surface area (Å²) in [6.45, 7) is 0. The molecule has 0 spiro atoms. The van der Waals surface area contributed by atoms with Crippen molar-refractivity contribution in [1.82, 2.24) is 0 Å². The molecule has 1 amide bonds. The normalized spacial score (nSPS) is 10.6. The number of phenolic OH excluding ortho intramolecular Hbond substituents is 1. The van der Waals surface area contributed by atoms with Gasteiger partial charge in [0.25, 0.3) is 5.91 Å². The van der Waals surface area contributed by atoms with Gasteiger partial charge in [0.1, 0.15) is 5.75 Å². The first-order chi connectivity index (χ1) is 14.0. The van der Waals surface area contributed by atoms with Crippen molar-refractivity contribution in [3.63, 3.8) is 0 Å². The first kappa shape index (κ1) is 18.3. The number of nitrogens with one attached hydrogen (secondary N) is 1. The number of phenols is 1.